The standard InChI is InChI=1S/C15H20FN3O.ClH/c1-10(12-4-6-13(16)7-5-12)8-15-18-14(19-20-15)9-11(2)17-3;/h4-7,10-11,17H,8-9H2,1-3H3;1H. The van der Waals surface area contributed by atoms with Gasteiger partial charge in [-0.2, -0.15) is 4.98 Å². The van der Waals surface area contributed by atoms with Crippen molar-refractivity contribution in [3.05, 3.63) is 47.4 Å². The zero-order valence-corrected chi connectivity index (χ0v) is 13.3. The molecule has 4 nitrogen and oxygen atoms in total. The fourth-order valence-electron chi connectivity index (χ4n) is 2.00. The van der Waals surface area contributed by atoms with Crippen molar-refractivity contribution in [2.75, 3.05) is 7.05 Å². The Hall–Kier alpha value is -1.46. The number of rotatable bonds is 6. The van der Waals surface area contributed by atoms with Crippen LogP contribution in [0.5, 0.6) is 0 Å². The summed E-state index contributed by atoms with van der Waals surface area (Å²) in [6, 6.07) is 6.84. The SMILES string of the molecule is CNC(C)Cc1noc(CC(C)c2ccc(F)cc2)n1.Cl. The molecule has 0 spiro atoms. The summed E-state index contributed by atoms with van der Waals surface area (Å²) in [5.74, 6) is 1.33. The van der Waals surface area contributed by atoms with Crippen LogP contribution in [0.15, 0.2) is 28.8 Å². The first-order chi connectivity index (χ1) is 9.58. The minimum Gasteiger partial charge on any atom is -0.339 e. The molecule has 0 aliphatic carbocycles. The Bertz CT molecular complexity index is 544. The maximum absolute atomic E-state index is 12.9. The lowest BCUT2D eigenvalue weighted by Gasteiger charge is -2.08. The molecule has 0 fully saturated rings. The molecular formula is C15H21ClFN3O. The van der Waals surface area contributed by atoms with Crippen molar-refractivity contribution in [1.29, 1.82) is 0 Å². The van der Waals surface area contributed by atoms with Crippen molar-refractivity contribution >= 4 is 12.4 Å². The van der Waals surface area contributed by atoms with Crippen molar-refractivity contribution in [1.82, 2.24) is 15.5 Å². The predicted molar refractivity (Wildman–Crippen MR) is 82.3 cm³/mol. The molecule has 2 unspecified atom stereocenters. The van der Waals surface area contributed by atoms with E-state index in [2.05, 4.69) is 29.3 Å². The predicted octanol–water partition coefficient (Wildman–Crippen LogP) is 3.13. The van der Waals surface area contributed by atoms with Crippen molar-refractivity contribution in [3.63, 3.8) is 0 Å². The fraction of sp³-hybridized carbons (Fsp3) is 0.467. The molecule has 2 rings (SSSR count). The van der Waals surface area contributed by atoms with Gasteiger partial charge in [0.05, 0.1) is 0 Å². The number of nitrogens with one attached hydrogen (secondary N) is 1. The summed E-state index contributed by atoms with van der Waals surface area (Å²) in [6.45, 7) is 4.13. The van der Waals surface area contributed by atoms with Gasteiger partial charge in [0.15, 0.2) is 5.82 Å². The Labute approximate surface area is 130 Å². The second kappa shape index (κ2) is 8.10. The normalized spacial score (nSPS) is 13.5. The molecule has 2 atom stereocenters. The lowest BCUT2D eigenvalue weighted by molar-refractivity contribution is 0.365. The molecule has 2 aromatic rings. The highest BCUT2D eigenvalue weighted by atomic mass is 35.5. The van der Waals surface area contributed by atoms with E-state index >= 15 is 0 Å². The first-order valence-electron chi connectivity index (χ1n) is 6.82. The van der Waals surface area contributed by atoms with E-state index < -0.39 is 0 Å². The maximum Gasteiger partial charge on any atom is 0.227 e. The molecule has 21 heavy (non-hydrogen) atoms. The largest absolute Gasteiger partial charge is 0.339 e. The van der Waals surface area contributed by atoms with E-state index in [9.17, 15) is 4.39 Å². The van der Waals surface area contributed by atoms with Gasteiger partial charge in [0.1, 0.15) is 5.82 Å². The van der Waals surface area contributed by atoms with Crippen LogP contribution >= 0.6 is 12.4 Å². The molecule has 0 aliphatic heterocycles. The maximum atomic E-state index is 12.9. The summed E-state index contributed by atoms with van der Waals surface area (Å²) < 4.78 is 18.2. The van der Waals surface area contributed by atoms with Crippen LogP contribution in [0, 0.1) is 5.82 Å². The Morgan fingerprint density at radius 3 is 2.48 bits per heavy atom. The lowest BCUT2D eigenvalue weighted by atomic mass is 9.98. The second-order valence-electron chi connectivity index (χ2n) is 5.15. The van der Waals surface area contributed by atoms with E-state index in [1.165, 1.54) is 12.1 Å². The molecule has 0 amide bonds. The number of nitrogens with zero attached hydrogens (tertiary/aromatic N) is 2. The van der Waals surface area contributed by atoms with Crippen molar-refractivity contribution < 1.29 is 8.91 Å². The zero-order chi connectivity index (χ0) is 14.5. The van der Waals surface area contributed by atoms with Crippen LogP contribution in [0.4, 0.5) is 4.39 Å². The van der Waals surface area contributed by atoms with Crippen molar-refractivity contribution in [3.8, 4) is 0 Å². The van der Waals surface area contributed by atoms with E-state index in [1.807, 2.05) is 7.05 Å². The van der Waals surface area contributed by atoms with Crippen molar-refractivity contribution in [2.24, 2.45) is 0 Å². The van der Waals surface area contributed by atoms with Gasteiger partial charge in [-0.05, 0) is 37.6 Å². The smallest absolute Gasteiger partial charge is 0.227 e. The van der Waals surface area contributed by atoms with Gasteiger partial charge < -0.3 is 9.84 Å². The number of hydrogen-bond acceptors (Lipinski definition) is 4. The Balaban J connectivity index is 0.00000220. The molecular weight excluding hydrogens is 293 g/mol. The average molecular weight is 314 g/mol. The van der Waals surface area contributed by atoms with Gasteiger partial charge in [0.25, 0.3) is 0 Å². The summed E-state index contributed by atoms with van der Waals surface area (Å²) in [6.07, 6.45) is 1.40. The van der Waals surface area contributed by atoms with Gasteiger partial charge in [-0.15, -0.1) is 12.4 Å². The third-order valence-electron chi connectivity index (χ3n) is 3.41. The van der Waals surface area contributed by atoms with Gasteiger partial charge in [0.2, 0.25) is 5.89 Å². The Morgan fingerprint density at radius 2 is 1.86 bits per heavy atom. The highest BCUT2D eigenvalue weighted by Crippen LogP contribution is 2.20. The van der Waals surface area contributed by atoms with Gasteiger partial charge >= 0.3 is 0 Å². The molecule has 0 aliphatic rings. The summed E-state index contributed by atoms with van der Waals surface area (Å²) in [4.78, 5) is 4.39. The van der Waals surface area contributed by atoms with Crippen LogP contribution in [-0.2, 0) is 12.8 Å². The van der Waals surface area contributed by atoms with Gasteiger partial charge in [-0.3, -0.25) is 0 Å². The molecule has 116 valence electrons. The second-order valence-corrected chi connectivity index (χ2v) is 5.15. The van der Waals surface area contributed by atoms with Crippen LogP contribution in [0.2, 0.25) is 0 Å². The number of benzene rings is 1. The highest BCUT2D eigenvalue weighted by molar-refractivity contribution is 5.85. The lowest BCUT2D eigenvalue weighted by Crippen LogP contribution is -2.24. The topological polar surface area (TPSA) is 51.0 Å². The van der Waals surface area contributed by atoms with E-state index in [1.54, 1.807) is 12.1 Å². The minimum atomic E-state index is -0.220. The number of aromatic nitrogens is 2. The molecule has 1 aromatic carbocycles. The number of halogens is 2. The van der Waals surface area contributed by atoms with E-state index in [4.69, 9.17) is 4.52 Å². The molecule has 1 aromatic heterocycles. The molecule has 0 saturated heterocycles. The molecule has 0 radical (unpaired) electrons. The summed E-state index contributed by atoms with van der Waals surface area (Å²) in [5.41, 5.74) is 1.06. The Kier molecular flexibility index (Phi) is 6.78. The zero-order valence-electron chi connectivity index (χ0n) is 12.5. The van der Waals surface area contributed by atoms with Crippen LogP contribution < -0.4 is 5.32 Å². The molecule has 6 heteroatoms. The van der Waals surface area contributed by atoms with Crippen LogP contribution in [0.3, 0.4) is 0 Å². The molecule has 1 heterocycles. The highest BCUT2D eigenvalue weighted by Gasteiger charge is 2.13. The monoisotopic (exact) mass is 313 g/mol. The van der Waals surface area contributed by atoms with E-state index in [0.29, 0.717) is 24.2 Å². The van der Waals surface area contributed by atoms with Crippen LogP contribution in [0.1, 0.15) is 37.0 Å². The van der Waals surface area contributed by atoms with Gasteiger partial charge in [0, 0.05) is 18.9 Å². The number of likely N-dealkylation sites (N-methyl/N-ethyl adjacent to an activating group) is 1. The number of hydrogen-bond donors (Lipinski definition) is 1. The van der Waals surface area contributed by atoms with E-state index in [-0.39, 0.29) is 24.1 Å². The van der Waals surface area contributed by atoms with Crippen molar-refractivity contribution in [2.45, 2.75) is 38.6 Å². The summed E-state index contributed by atoms with van der Waals surface area (Å²) in [7, 11) is 1.91. The first-order valence-corrected chi connectivity index (χ1v) is 6.82. The summed E-state index contributed by atoms with van der Waals surface area (Å²) >= 11 is 0. The summed E-state index contributed by atoms with van der Waals surface area (Å²) in [5, 5.41) is 7.12. The quantitative estimate of drug-likeness (QED) is 0.890. The first kappa shape index (κ1) is 17.6. The Morgan fingerprint density at radius 1 is 1.19 bits per heavy atom. The third kappa shape index (κ3) is 5.10. The minimum absolute atomic E-state index is 0. The fourth-order valence-corrected chi connectivity index (χ4v) is 2.00. The third-order valence-corrected chi connectivity index (χ3v) is 3.41. The molecule has 0 bridgehead atoms. The van der Waals surface area contributed by atoms with Gasteiger partial charge in [-0.1, -0.05) is 24.2 Å². The average Bonchev–Trinajstić information content (AvgIpc) is 2.86. The van der Waals surface area contributed by atoms with Gasteiger partial charge in [-0.25, -0.2) is 4.39 Å². The van der Waals surface area contributed by atoms with E-state index in [0.717, 1.165) is 12.0 Å². The van der Waals surface area contributed by atoms with Crippen LogP contribution in [0.25, 0.3) is 0 Å². The molecule has 0 saturated carbocycles. The molecule has 1 N–H and O–H groups in total. The van der Waals surface area contributed by atoms with Crippen LogP contribution in [-0.4, -0.2) is 23.2 Å².